The first-order valence-electron chi connectivity index (χ1n) is 4.85. The molecule has 1 aliphatic rings. The van der Waals surface area contributed by atoms with Gasteiger partial charge in [-0.2, -0.15) is 13.2 Å². The highest BCUT2D eigenvalue weighted by atomic mass is 35.5. The molecule has 2 atom stereocenters. The number of nitrogens with one attached hydrogen (secondary N) is 1. The Morgan fingerprint density at radius 1 is 1.40 bits per heavy atom. The molecular formula is C9H13ClF3NO. The number of hydrogen-bond donors (Lipinski definition) is 1. The van der Waals surface area contributed by atoms with Crippen LogP contribution in [0.15, 0.2) is 0 Å². The first kappa shape index (κ1) is 12.6. The van der Waals surface area contributed by atoms with Crippen molar-refractivity contribution in [2.24, 2.45) is 5.92 Å². The average Bonchev–Trinajstić information content (AvgIpc) is 2.17. The smallest absolute Gasteiger partial charge is 0.352 e. The third kappa shape index (κ3) is 3.89. The molecule has 1 amide bonds. The Balaban J connectivity index is 2.46. The first-order valence-corrected chi connectivity index (χ1v) is 5.39. The van der Waals surface area contributed by atoms with E-state index in [-0.39, 0.29) is 24.8 Å². The van der Waals surface area contributed by atoms with Gasteiger partial charge < -0.3 is 5.32 Å². The lowest BCUT2D eigenvalue weighted by molar-refractivity contribution is -0.184. The molecule has 1 N–H and O–H groups in total. The van der Waals surface area contributed by atoms with Gasteiger partial charge in [-0.25, -0.2) is 0 Å². The fourth-order valence-electron chi connectivity index (χ4n) is 1.88. The molecule has 0 unspecified atom stereocenters. The summed E-state index contributed by atoms with van der Waals surface area (Å²) in [5.41, 5.74) is 0. The van der Waals surface area contributed by atoms with Crippen LogP contribution in [0.4, 0.5) is 13.2 Å². The molecule has 0 aliphatic heterocycles. The van der Waals surface area contributed by atoms with Gasteiger partial charge in [-0.1, -0.05) is 6.42 Å². The Kier molecular flexibility index (Phi) is 4.25. The normalized spacial score (nSPS) is 27.5. The van der Waals surface area contributed by atoms with E-state index in [0.29, 0.717) is 12.8 Å². The van der Waals surface area contributed by atoms with E-state index in [0.717, 1.165) is 0 Å². The number of carbonyl (C=O) groups excluding carboxylic acids is 1. The topological polar surface area (TPSA) is 29.1 Å². The molecule has 1 saturated carbocycles. The maximum Gasteiger partial charge on any atom is 0.391 e. The summed E-state index contributed by atoms with van der Waals surface area (Å²) in [6.45, 7) is 0. The van der Waals surface area contributed by atoms with E-state index < -0.39 is 18.0 Å². The molecule has 1 aliphatic carbocycles. The van der Waals surface area contributed by atoms with Gasteiger partial charge in [-0.3, -0.25) is 4.79 Å². The zero-order chi connectivity index (χ0) is 11.5. The summed E-state index contributed by atoms with van der Waals surface area (Å²) in [5.74, 6) is -1.89. The van der Waals surface area contributed by atoms with Crippen LogP contribution < -0.4 is 5.32 Å². The van der Waals surface area contributed by atoms with Crippen molar-refractivity contribution in [3.05, 3.63) is 0 Å². The molecule has 0 spiro atoms. The molecule has 2 nitrogen and oxygen atoms in total. The predicted molar refractivity (Wildman–Crippen MR) is 50.7 cm³/mol. The number of rotatable bonds is 2. The van der Waals surface area contributed by atoms with E-state index in [2.05, 4.69) is 5.32 Å². The van der Waals surface area contributed by atoms with Gasteiger partial charge in [0, 0.05) is 6.04 Å². The van der Waals surface area contributed by atoms with Crippen LogP contribution in [0, 0.1) is 5.92 Å². The van der Waals surface area contributed by atoms with Gasteiger partial charge in [0.15, 0.2) is 0 Å². The quantitative estimate of drug-likeness (QED) is 0.742. The summed E-state index contributed by atoms with van der Waals surface area (Å²) < 4.78 is 37.2. The van der Waals surface area contributed by atoms with Crippen LogP contribution in [-0.4, -0.2) is 24.0 Å². The van der Waals surface area contributed by atoms with Crippen LogP contribution in [0.25, 0.3) is 0 Å². The molecule has 0 saturated heterocycles. The molecule has 0 bridgehead atoms. The fourth-order valence-corrected chi connectivity index (χ4v) is 1.96. The van der Waals surface area contributed by atoms with E-state index >= 15 is 0 Å². The summed E-state index contributed by atoms with van der Waals surface area (Å²) in [7, 11) is 0. The lowest BCUT2D eigenvalue weighted by Crippen LogP contribution is -2.42. The second kappa shape index (κ2) is 5.05. The van der Waals surface area contributed by atoms with Crippen molar-refractivity contribution in [3.63, 3.8) is 0 Å². The first-order chi connectivity index (χ1) is 6.93. The molecule has 0 aromatic heterocycles. The van der Waals surface area contributed by atoms with Crippen LogP contribution in [0.3, 0.4) is 0 Å². The minimum Gasteiger partial charge on any atom is -0.352 e. The third-order valence-electron chi connectivity index (χ3n) is 2.62. The number of amides is 1. The summed E-state index contributed by atoms with van der Waals surface area (Å²) in [4.78, 5) is 10.9. The summed E-state index contributed by atoms with van der Waals surface area (Å²) in [6, 6.07) is -0.378. The molecule has 0 heterocycles. The summed E-state index contributed by atoms with van der Waals surface area (Å²) >= 11 is 5.26. The van der Waals surface area contributed by atoms with Crippen molar-refractivity contribution >= 4 is 17.5 Å². The maximum absolute atomic E-state index is 12.4. The zero-order valence-corrected chi connectivity index (χ0v) is 8.87. The van der Waals surface area contributed by atoms with Gasteiger partial charge in [0.25, 0.3) is 0 Å². The van der Waals surface area contributed by atoms with Crippen LogP contribution in [0.1, 0.15) is 25.7 Å². The number of carbonyl (C=O) groups is 1. The van der Waals surface area contributed by atoms with E-state index in [1.165, 1.54) is 0 Å². The zero-order valence-electron chi connectivity index (χ0n) is 8.11. The predicted octanol–water partition coefficient (Wildman–Crippen LogP) is 2.46. The Bertz CT molecular complexity index is 232. The van der Waals surface area contributed by atoms with Gasteiger partial charge in [0.05, 0.1) is 5.92 Å². The fraction of sp³-hybridized carbons (Fsp3) is 0.889. The standard InChI is InChI=1S/C9H13ClF3NO/c10-5-8(15)14-7-3-1-2-6(4-7)9(11,12)13/h6-7H,1-5H2,(H,14,15)/t6-,7+/m1/s1. The van der Waals surface area contributed by atoms with Gasteiger partial charge in [0.1, 0.15) is 5.88 Å². The third-order valence-corrected chi connectivity index (χ3v) is 2.87. The van der Waals surface area contributed by atoms with Gasteiger partial charge >= 0.3 is 6.18 Å². The largest absolute Gasteiger partial charge is 0.391 e. The van der Waals surface area contributed by atoms with Crippen LogP contribution in [0.2, 0.25) is 0 Å². The Morgan fingerprint density at radius 2 is 2.07 bits per heavy atom. The number of alkyl halides is 4. The van der Waals surface area contributed by atoms with E-state index in [1.807, 2.05) is 0 Å². The van der Waals surface area contributed by atoms with Gasteiger partial charge in [-0.05, 0) is 19.3 Å². The molecule has 1 rings (SSSR count). The van der Waals surface area contributed by atoms with Gasteiger partial charge in [0.2, 0.25) is 5.91 Å². The lowest BCUT2D eigenvalue weighted by Gasteiger charge is -2.30. The van der Waals surface area contributed by atoms with Crippen molar-refractivity contribution in [1.82, 2.24) is 5.32 Å². The van der Waals surface area contributed by atoms with Crippen molar-refractivity contribution in [3.8, 4) is 0 Å². The second-order valence-electron chi connectivity index (χ2n) is 3.80. The molecule has 88 valence electrons. The Hall–Kier alpha value is -0.450. The van der Waals surface area contributed by atoms with Crippen LogP contribution >= 0.6 is 11.6 Å². The number of hydrogen-bond acceptors (Lipinski definition) is 1. The lowest BCUT2D eigenvalue weighted by atomic mass is 9.85. The SMILES string of the molecule is O=C(CCl)N[C@H]1CCC[C@@H](C(F)(F)F)C1. The Labute approximate surface area is 91.2 Å². The highest BCUT2D eigenvalue weighted by molar-refractivity contribution is 6.27. The van der Waals surface area contributed by atoms with E-state index in [1.54, 1.807) is 0 Å². The molecular weight excluding hydrogens is 231 g/mol. The maximum atomic E-state index is 12.4. The van der Waals surface area contributed by atoms with Crippen molar-refractivity contribution < 1.29 is 18.0 Å². The highest BCUT2D eigenvalue weighted by Crippen LogP contribution is 2.37. The van der Waals surface area contributed by atoms with E-state index in [9.17, 15) is 18.0 Å². The number of halogens is 4. The highest BCUT2D eigenvalue weighted by Gasteiger charge is 2.42. The minimum absolute atomic E-state index is 0.0217. The molecule has 15 heavy (non-hydrogen) atoms. The summed E-state index contributed by atoms with van der Waals surface area (Å²) in [5, 5.41) is 2.50. The second-order valence-corrected chi connectivity index (χ2v) is 4.07. The average molecular weight is 244 g/mol. The Morgan fingerprint density at radius 3 is 2.60 bits per heavy atom. The van der Waals surface area contributed by atoms with Crippen LogP contribution in [-0.2, 0) is 4.79 Å². The monoisotopic (exact) mass is 243 g/mol. The molecule has 0 radical (unpaired) electrons. The van der Waals surface area contributed by atoms with E-state index in [4.69, 9.17) is 11.6 Å². The summed E-state index contributed by atoms with van der Waals surface area (Å²) in [6.07, 6.45) is -2.90. The van der Waals surface area contributed by atoms with Crippen LogP contribution in [0.5, 0.6) is 0 Å². The van der Waals surface area contributed by atoms with Crippen molar-refractivity contribution in [2.75, 3.05) is 5.88 Å². The van der Waals surface area contributed by atoms with Crippen molar-refractivity contribution in [2.45, 2.75) is 37.9 Å². The molecule has 6 heteroatoms. The van der Waals surface area contributed by atoms with Crippen molar-refractivity contribution in [1.29, 1.82) is 0 Å². The molecule has 0 aromatic carbocycles. The molecule has 0 aromatic rings. The van der Waals surface area contributed by atoms with Gasteiger partial charge in [-0.15, -0.1) is 11.6 Å². The minimum atomic E-state index is -4.15. The molecule has 1 fully saturated rings.